The molecule has 2 rings (SSSR count). The number of halogens is 1. The molecule has 4 heteroatoms. The molecule has 1 aliphatic rings. The van der Waals surface area contributed by atoms with Gasteiger partial charge in [0.25, 0.3) is 0 Å². The van der Waals surface area contributed by atoms with Crippen molar-refractivity contribution in [2.45, 2.75) is 31.6 Å². The Hall–Kier alpha value is -0.150. The van der Waals surface area contributed by atoms with Gasteiger partial charge in [-0.15, -0.1) is 21.8 Å². The topological polar surface area (TPSA) is 25.8 Å². The molecule has 0 saturated heterocycles. The molecule has 1 unspecified atom stereocenters. The number of alkyl halides is 1. The van der Waals surface area contributed by atoms with Gasteiger partial charge in [0.15, 0.2) is 0 Å². The highest BCUT2D eigenvalue weighted by molar-refractivity contribution is 7.11. The van der Waals surface area contributed by atoms with Gasteiger partial charge in [0.05, 0.1) is 5.88 Å². The Bertz CT molecular complexity index is 270. The minimum atomic E-state index is 0.495. The highest BCUT2D eigenvalue weighted by atomic mass is 35.5. The standard InChI is InChI=1S/C8H11ClN2S/c1-5(6-2-3-6)8-11-10-7(4-9)12-8/h5-6H,2-4H2,1H3. The summed E-state index contributed by atoms with van der Waals surface area (Å²) >= 11 is 7.30. The predicted molar refractivity (Wildman–Crippen MR) is 50.6 cm³/mol. The Morgan fingerprint density at radius 1 is 1.58 bits per heavy atom. The van der Waals surface area contributed by atoms with Gasteiger partial charge in [-0.3, -0.25) is 0 Å². The van der Waals surface area contributed by atoms with Crippen LogP contribution in [0.3, 0.4) is 0 Å². The molecule has 0 amide bonds. The zero-order valence-electron chi connectivity index (χ0n) is 6.96. The summed E-state index contributed by atoms with van der Waals surface area (Å²) in [5, 5.41) is 10.2. The van der Waals surface area contributed by atoms with Gasteiger partial charge in [-0.2, -0.15) is 0 Å². The van der Waals surface area contributed by atoms with Crippen LogP contribution < -0.4 is 0 Å². The molecule has 2 nitrogen and oxygen atoms in total. The molecule has 1 aliphatic carbocycles. The molecular formula is C8H11ClN2S. The maximum atomic E-state index is 5.65. The highest BCUT2D eigenvalue weighted by Crippen LogP contribution is 2.42. The zero-order chi connectivity index (χ0) is 8.55. The lowest BCUT2D eigenvalue weighted by atomic mass is 10.1. The lowest BCUT2D eigenvalue weighted by Crippen LogP contribution is -1.93. The maximum Gasteiger partial charge on any atom is 0.132 e. The van der Waals surface area contributed by atoms with Crippen molar-refractivity contribution in [1.82, 2.24) is 10.2 Å². The van der Waals surface area contributed by atoms with Gasteiger partial charge in [-0.25, -0.2) is 0 Å². The lowest BCUT2D eigenvalue weighted by Gasteiger charge is -2.02. The number of hydrogen-bond acceptors (Lipinski definition) is 3. The normalized spacial score (nSPS) is 19.5. The van der Waals surface area contributed by atoms with Crippen molar-refractivity contribution in [3.8, 4) is 0 Å². The lowest BCUT2D eigenvalue weighted by molar-refractivity contribution is 0.650. The van der Waals surface area contributed by atoms with Crippen LogP contribution in [0.25, 0.3) is 0 Å². The van der Waals surface area contributed by atoms with Crippen LogP contribution in [0.5, 0.6) is 0 Å². The zero-order valence-corrected chi connectivity index (χ0v) is 8.53. The van der Waals surface area contributed by atoms with Crippen LogP contribution in [-0.2, 0) is 5.88 Å². The average molecular weight is 203 g/mol. The summed E-state index contributed by atoms with van der Waals surface area (Å²) in [5.41, 5.74) is 0. The molecule has 0 aromatic carbocycles. The quantitative estimate of drug-likeness (QED) is 0.705. The van der Waals surface area contributed by atoms with E-state index < -0.39 is 0 Å². The van der Waals surface area contributed by atoms with Gasteiger partial charge >= 0.3 is 0 Å². The van der Waals surface area contributed by atoms with Crippen LogP contribution in [0.1, 0.15) is 35.7 Å². The molecule has 0 spiro atoms. The summed E-state index contributed by atoms with van der Waals surface area (Å²) in [6.07, 6.45) is 2.72. The molecule has 66 valence electrons. The molecule has 0 radical (unpaired) electrons. The highest BCUT2D eigenvalue weighted by Gasteiger charge is 2.30. The Morgan fingerprint density at radius 2 is 2.33 bits per heavy atom. The van der Waals surface area contributed by atoms with Gasteiger partial charge in [-0.1, -0.05) is 18.3 Å². The van der Waals surface area contributed by atoms with Crippen LogP contribution in [0.4, 0.5) is 0 Å². The molecule has 1 aromatic rings. The first kappa shape index (κ1) is 8.45. The van der Waals surface area contributed by atoms with E-state index >= 15 is 0 Å². The first-order valence-corrected chi connectivity index (χ1v) is 5.54. The summed E-state index contributed by atoms with van der Waals surface area (Å²) < 4.78 is 0. The summed E-state index contributed by atoms with van der Waals surface area (Å²) in [7, 11) is 0. The van der Waals surface area contributed by atoms with Gasteiger partial charge in [0.1, 0.15) is 10.0 Å². The summed E-state index contributed by atoms with van der Waals surface area (Å²) in [6.45, 7) is 2.23. The molecule has 1 fully saturated rings. The number of nitrogens with zero attached hydrogens (tertiary/aromatic N) is 2. The van der Waals surface area contributed by atoms with Crippen LogP contribution in [0.2, 0.25) is 0 Å². The largest absolute Gasteiger partial charge is 0.143 e. The van der Waals surface area contributed by atoms with E-state index in [2.05, 4.69) is 17.1 Å². The van der Waals surface area contributed by atoms with Crippen molar-refractivity contribution in [2.24, 2.45) is 5.92 Å². The molecule has 1 atom stereocenters. The molecule has 0 aliphatic heterocycles. The second-order valence-electron chi connectivity index (χ2n) is 3.29. The molecule has 12 heavy (non-hydrogen) atoms. The molecule has 0 bridgehead atoms. The average Bonchev–Trinajstić information content (AvgIpc) is 2.82. The van der Waals surface area contributed by atoms with Crippen molar-refractivity contribution in [3.63, 3.8) is 0 Å². The predicted octanol–water partition coefficient (Wildman–Crippen LogP) is 2.79. The second kappa shape index (κ2) is 3.30. The fourth-order valence-corrected chi connectivity index (χ4v) is 2.36. The minimum Gasteiger partial charge on any atom is -0.143 e. The monoisotopic (exact) mass is 202 g/mol. The smallest absolute Gasteiger partial charge is 0.132 e. The SMILES string of the molecule is CC(c1nnc(CCl)s1)C1CC1. The van der Waals surface area contributed by atoms with Crippen molar-refractivity contribution in [2.75, 3.05) is 0 Å². The van der Waals surface area contributed by atoms with Gasteiger partial charge in [-0.05, 0) is 18.8 Å². The van der Waals surface area contributed by atoms with E-state index in [-0.39, 0.29) is 0 Å². The summed E-state index contributed by atoms with van der Waals surface area (Å²) in [6, 6.07) is 0. The summed E-state index contributed by atoms with van der Waals surface area (Å²) in [4.78, 5) is 0. The molecule has 1 heterocycles. The number of aromatic nitrogens is 2. The van der Waals surface area contributed by atoms with E-state index in [1.165, 1.54) is 12.8 Å². The molecular weight excluding hydrogens is 192 g/mol. The third-order valence-electron chi connectivity index (χ3n) is 2.32. The van der Waals surface area contributed by atoms with Gasteiger partial charge in [0.2, 0.25) is 0 Å². The van der Waals surface area contributed by atoms with Crippen molar-refractivity contribution < 1.29 is 0 Å². The van der Waals surface area contributed by atoms with E-state index in [0.29, 0.717) is 11.8 Å². The second-order valence-corrected chi connectivity index (χ2v) is 4.65. The van der Waals surface area contributed by atoms with Crippen LogP contribution >= 0.6 is 22.9 Å². The summed E-state index contributed by atoms with van der Waals surface area (Å²) in [5.74, 6) is 1.95. The Kier molecular flexibility index (Phi) is 2.33. The van der Waals surface area contributed by atoms with E-state index in [1.807, 2.05) is 0 Å². The van der Waals surface area contributed by atoms with Crippen molar-refractivity contribution in [1.29, 1.82) is 0 Å². The maximum absolute atomic E-state index is 5.65. The van der Waals surface area contributed by atoms with Gasteiger partial charge in [0, 0.05) is 5.92 Å². The van der Waals surface area contributed by atoms with E-state index in [1.54, 1.807) is 11.3 Å². The van der Waals surface area contributed by atoms with Crippen LogP contribution in [-0.4, -0.2) is 10.2 Å². The number of rotatable bonds is 3. The Labute approximate surface area is 81.0 Å². The minimum absolute atomic E-state index is 0.495. The molecule has 1 aromatic heterocycles. The van der Waals surface area contributed by atoms with Crippen molar-refractivity contribution in [3.05, 3.63) is 10.0 Å². The number of hydrogen-bond donors (Lipinski definition) is 0. The third kappa shape index (κ3) is 1.62. The third-order valence-corrected chi connectivity index (χ3v) is 3.85. The van der Waals surface area contributed by atoms with E-state index in [4.69, 9.17) is 11.6 Å². The van der Waals surface area contributed by atoms with Crippen LogP contribution in [0.15, 0.2) is 0 Å². The first-order chi connectivity index (χ1) is 5.81. The fraction of sp³-hybridized carbons (Fsp3) is 0.750. The van der Waals surface area contributed by atoms with E-state index in [0.717, 1.165) is 15.9 Å². The molecule has 1 saturated carbocycles. The van der Waals surface area contributed by atoms with Crippen LogP contribution in [0, 0.1) is 5.92 Å². The Balaban J connectivity index is 2.10. The van der Waals surface area contributed by atoms with Crippen molar-refractivity contribution >= 4 is 22.9 Å². The Morgan fingerprint density at radius 3 is 2.83 bits per heavy atom. The fourth-order valence-electron chi connectivity index (χ4n) is 1.30. The first-order valence-electron chi connectivity index (χ1n) is 4.19. The van der Waals surface area contributed by atoms with Gasteiger partial charge < -0.3 is 0 Å². The molecule has 0 N–H and O–H groups in total. The van der Waals surface area contributed by atoms with E-state index in [9.17, 15) is 0 Å².